The van der Waals surface area contributed by atoms with Crippen molar-refractivity contribution < 1.29 is 0 Å². The molecule has 0 unspecified atom stereocenters. The fraction of sp³-hybridized carbons (Fsp3) is 0.571. The Morgan fingerprint density at radius 3 is 2.36 bits per heavy atom. The maximum absolute atomic E-state index is 2.36. The summed E-state index contributed by atoms with van der Waals surface area (Å²) in [6.45, 7) is 6.73. The summed E-state index contributed by atoms with van der Waals surface area (Å²) in [6, 6.07) is 6.97. The SMILES string of the molecule is CCCCc1ccc(CCC)c(C)c1. The molecule has 0 aliphatic carbocycles. The fourth-order valence-electron chi connectivity index (χ4n) is 1.84. The van der Waals surface area contributed by atoms with Crippen LogP contribution in [0, 0.1) is 6.92 Å². The van der Waals surface area contributed by atoms with Crippen LogP contribution in [0.5, 0.6) is 0 Å². The Balaban J connectivity index is 2.68. The van der Waals surface area contributed by atoms with Gasteiger partial charge in [0.2, 0.25) is 0 Å². The van der Waals surface area contributed by atoms with Crippen LogP contribution in [-0.2, 0) is 12.8 Å². The molecule has 0 atom stereocenters. The van der Waals surface area contributed by atoms with Crippen LogP contribution < -0.4 is 0 Å². The summed E-state index contributed by atoms with van der Waals surface area (Å²) >= 11 is 0. The van der Waals surface area contributed by atoms with E-state index < -0.39 is 0 Å². The molecule has 14 heavy (non-hydrogen) atoms. The first-order valence-corrected chi connectivity index (χ1v) is 5.86. The highest BCUT2D eigenvalue weighted by atomic mass is 14.0. The second-order valence-corrected chi connectivity index (χ2v) is 4.11. The highest BCUT2D eigenvalue weighted by Gasteiger charge is 1.98. The van der Waals surface area contributed by atoms with Gasteiger partial charge in [-0.25, -0.2) is 0 Å². The number of hydrogen-bond donors (Lipinski definition) is 0. The first-order chi connectivity index (χ1) is 6.77. The molecule has 0 saturated heterocycles. The van der Waals surface area contributed by atoms with Crippen molar-refractivity contribution in [2.24, 2.45) is 0 Å². The monoisotopic (exact) mass is 190 g/mol. The summed E-state index contributed by atoms with van der Waals surface area (Å²) in [5.41, 5.74) is 4.50. The Kier molecular flexibility index (Phi) is 4.72. The molecular formula is C14H22. The van der Waals surface area contributed by atoms with Gasteiger partial charge in [0.25, 0.3) is 0 Å². The molecule has 0 heterocycles. The largest absolute Gasteiger partial charge is 0.0654 e. The highest BCUT2D eigenvalue weighted by Crippen LogP contribution is 2.14. The molecule has 0 N–H and O–H groups in total. The van der Waals surface area contributed by atoms with Gasteiger partial charge in [-0.15, -0.1) is 0 Å². The molecule has 0 aliphatic rings. The summed E-state index contributed by atoms with van der Waals surface area (Å²) in [6.07, 6.45) is 6.31. The molecule has 1 rings (SSSR count). The third-order valence-corrected chi connectivity index (χ3v) is 2.75. The van der Waals surface area contributed by atoms with Gasteiger partial charge in [0.1, 0.15) is 0 Å². The average Bonchev–Trinajstić information content (AvgIpc) is 2.19. The van der Waals surface area contributed by atoms with Gasteiger partial charge in [0.05, 0.1) is 0 Å². The third-order valence-electron chi connectivity index (χ3n) is 2.75. The lowest BCUT2D eigenvalue weighted by molar-refractivity contribution is 0.793. The minimum Gasteiger partial charge on any atom is -0.0654 e. The lowest BCUT2D eigenvalue weighted by Crippen LogP contribution is -1.92. The van der Waals surface area contributed by atoms with Crippen molar-refractivity contribution >= 4 is 0 Å². The molecule has 0 heteroatoms. The van der Waals surface area contributed by atoms with E-state index >= 15 is 0 Å². The molecule has 1 aromatic rings. The van der Waals surface area contributed by atoms with Crippen LogP contribution in [0.4, 0.5) is 0 Å². The van der Waals surface area contributed by atoms with Gasteiger partial charge in [-0.3, -0.25) is 0 Å². The molecule has 0 aromatic heterocycles. The van der Waals surface area contributed by atoms with Crippen LogP contribution in [0.2, 0.25) is 0 Å². The molecule has 1 aromatic carbocycles. The minimum atomic E-state index is 1.22. The van der Waals surface area contributed by atoms with Crippen molar-refractivity contribution in [2.45, 2.75) is 52.9 Å². The van der Waals surface area contributed by atoms with Crippen molar-refractivity contribution in [1.29, 1.82) is 0 Å². The molecule has 0 fully saturated rings. The lowest BCUT2D eigenvalue weighted by Gasteiger charge is -2.07. The second kappa shape index (κ2) is 5.85. The number of rotatable bonds is 5. The average molecular weight is 190 g/mol. The Bertz CT molecular complexity index is 273. The number of benzene rings is 1. The molecule has 78 valence electrons. The third kappa shape index (κ3) is 3.17. The van der Waals surface area contributed by atoms with E-state index in [0.717, 1.165) is 0 Å². The molecule has 0 bridgehead atoms. The summed E-state index contributed by atoms with van der Waals surface area (Å²) < 4.78 is 0. The molecule has 0 radical (unpaired) electrons. The smallest absolute Gasteiger partial charge is 0.0279 e. The zero-order valence-corrected chi connectivity index (χ0v) is 9.77. The van der Waals surface area contributed by atoms with Crippen molar-refractivity contribution in [3.63, 3.8) is 0 Å². The van der Waals surface area contributed by atoms with Crippen molar-refractivity contribution in [3.05, 3.63) is 34.9 Å². The normalized spacial score (nSPS) is 10.5. The number of hydrogen-bond acceptors (Lipinski definition) is 0. The van der Waals surface area contributed by atoms with Crippen molar-refractivity contribution in [1.82, 2.24) is 0 Å². The molecular weight excluding hydrogens is 168 g/mol. The van der Waals surface area contributed by atoms with E-state index in [0.29, 0.717) is 0 Å². The fourth-order valence-corrected chi connectivity index (χ4v) is 1.84. The quantitative estimate of drug-likeness (QED) is 0.649. The summed E-state index contributed by atoms with van der Waals surface area (Å²) in [4.78, 5) is 0. The van der Waals surface area contributed by atoms with Gasteiger partial charge >= 0.3 is 0 Å². The molecule has 0 amide bonds. The predicted octanol–water partition coefficient (Wildman–Crippen LogP) is 4.29. The van der Waals surface area contributed by atoms with Gasteiger partial charge in [-0.1, -0.05) is 44.9 Å². The van der Waals surface area contributed by atoms with Crippen LogP contribution in [0.15, 0.2) is 18.2 Å². The topological polar surface area (TPSA) is 0 Å². The first-order valence-electron chi connectivity index (χ1n) is 5.86. The van der Waals surface area contributed by atoms with E-state index in [1.54, 1.807) is 0 Å². The van der Waals surface area contributed by atoms with E-state index in [9.17, 15) is 0 Å². The van der Waals surface area contributed by atoms with Gasteiger partial charge in [-0.2, -0.15) is 0 Å². The minimum absolute atomic E-state index is 1.22. The number of aryl methyl sites for hydroxylation is 3. The standard InChI is InChI=1S/C14H22/c1-4-6-8-13-9-10-14(7-5-2)12(3)11-13/h9-11H,4-8H2,1-3H3. The van der Waals surface area contributed by atoms with E-state index in [4.69, 9.17) is 0 Å². The van der Waals surface area contributed by atoms with Crippen LogP contribution >= 0.6 is 0 Å². The van der Waals surface area contributed by atoms with Crippen LogP contribution in [0.3, 0.4) is 0 Å². The summed E-state index contributed by atoms with van der Waals surface area (Å²) in [5.74, 6) is 0. The second-order valence-electron chi connectivity index (χ2n) is 4.11. The Hall–Kier alpha value is -0.780. The molecule has 0 spiro atoms. The van der Waals surface area contributed by atoms with Crippen LogP contribution in [0.25, 0.3) is 0 Å². The van der Waals surface area contributed by atoms with Crippen LogP contribution in [-0.4, -0.2) is 0 Å². The molecule has 0 aliphatic heterocycles. The van der Waals surface area contributed by atoms with Crippen molar-refractivity contribution in [2.75, 3.05) is 0 Å². The Morgan fingerprint density at radius 1 is 1.00 bits per heavy atom. The Morgan fingerprint density at radius 2 is 1.79 bits per heavy atom. The van der Waals surface area contributed by atoms with Gasteiger partial charge in [0.15, 0.2) is 0 Å². The maximum Gasteiger partial charge on any atom is -0.0279 e. The lowest BCUT2D eigenvalue weighted by atomic mass is 9.99. The Labute approximate surface area is 88.4 Å². The molecule has 0 saturated carbocycles. The van der Waals surface area contributed by atoms with E-state index in [1.165, 1.54) is 48.8 Å². The van der Waals surface area contributed by atoms with E-state index in [2.05, 4.69) is 39.0 Å². The summed E-state index contributed by atoms with van der Waals surface area (Å²) in [7, 11) is 0. The van der Waals surface area contributed by atoms with E-state index in [1.807, 2.05) is 0 Å². The number of unbranched alkanes of at least 4 members (excludes halogenated alkanes) is 1. The van der Waals surface area contributed by atoms with E-state index in [-0.39, 0.29) is 0 Å². The van der Waals surface area contributed by atoms with Crippen LogP contribution in [0.1, 0.15) is 49.8 Å². The highest BCUT2D eigenvalue weighted by molar-refractivity contribution is 5.31. The maximum atomic E-state index is 2.36. The van der Waals surface area contributed by atoms with Gasteiger partial charge in [-0.05, 0) is 42.9 Å². The van der Waals surface area contributed by atoms with Gasteiger partial charge in [0, 0.05) is 0 Å². The predicted molar refractivity (Wildman–Crippen MR) is 63.8 cm³/mol. The van der Waals surface area contributed by atoms with Crippen molar-refractivity contribution in [3.8, 4) is 0 Å². The zero-order valence-electron chi connectivity index (χ0n) is 9.77. The van der Waals surface area contributed by atoms with Gasteiger partial charge < -0.3 is 0 Å². The molecule has 0 nitrogen and oxygen atoms in total. The summed E-state index contributed by atoms with van der Waals surface area (Å²) in [5, 5.41) is 0. The first kappa shape index (κ1) is 11.3. The zero-order chi connectivity index (χ0) is 10.4.